The third-order valence-corrected chi connectivity index (χ3v) is 5.45. The highest BCUT2D eigenvalue weighted by molar-refractivity contribution is 7.84. The molecule has 0 fully saturated rings. The van der Waals surface area contributed by atoms with Gasteiger partial charge in [0, 0.05) is 0 Å². The molecule has 0 radical (unpaired) electrons. The highest BCUT2D eigenvalue weighted by Gasteiger charge is 2.15. The molecule has 0 aliphatic heterocycles. The maximum Gasteiger partial charge on any atom is 0.439 e. The monoisotopic (exact) mass is 408 g/mol. The average molecular weight is 409 g/mol. The van der Waals surface area contributed by atoms with Gasteiger partial charge < -0.3 is 12.4 Å². The molecule has 1 aromatic heterocycles. The maximum atomic E-state index is 11.0. The van der Waals surface area contributed by atoms with E-state index < -0.39 is 10.3 Å². The smallest absolute Gasteiger partial charge is 0.439 e. The first kappa shape index (κ1) is 25.4. The lowest BCUT2D eigenvalue weighted by Crippen LogP contribution is -3.00. The molecular weight excluding hydrogens is 372 g/mol. The molecule has 0 saturated carbocycles. The minimum Gasteiger partial charge on any atom is -1.00 e. The van der Waals surface area contributed by atoms with Crippen molar-refractivity contribution in [3.63, 3.8) is 0 Å². The summed E-state index contributed by atoms with van der Waals surface area (Å²) in [5.74, 6) is 0. The third kappa shape index (κ3) is 12.7. The van der Waals surface area contributed by atoms with E-state index >= 15 is 0 Å². The summed E-state index contributed by atoms with van der Waals surface area (Å²) in [6.07, 6.45) is 23.1. The molecule has 0 saturated heterocycles. The molecule has 0 bridgehead atoms. The molecule has 1 heterocycles. The van der Waals surface area contributed by atoms with E-state index in [-0.39, 0.29) is 12.4 Å². The number of unbranched alkanes of at least 4 members (excludes halogenated alkanes) is 13. The molecule has 0 spiro atoms. The van der Waals surface area contributed by atoms with E-state index in [1.54, 1.807) is 10.8 Å². The standard InChI is InChI=1S/C19H36N2O3S.ClH/c1-2-3-4-5-6-7-8-9-10-11-12-13-14-15-16-20-17-18-21(19-20)25(22,23)24;/h17-19H,2-16H2,1H3;1H. The number of halogens is 1. The Labute approximate surface area is 166 Å². The third-order valence-electron chi connectivity index (χ3n) is 4.70. The topological polar surface area (TPSA) is 63.2 Å². The van der Waals surface area contributed by atoms with Crippen LogP contribution in [0, 0.1) is 0 Å². The van der Waals surface area contributed by atoms with Crippen LogP contribution in [0.3, 0.4) is 0 Å². The van der Waals surface area contributed by atoms with Crippen molar-refractivity contribution in [1.29, 1.82) is 0 Å². The van der Waals surface area contributed by atoms with Gasteiger partial charge in [0.2, 0.25) is 0 Å². The lowest BCUT2D eigenvalue weighted by Gasteiger charge is -2.03. The number of hydrogen-bond acceptors (Lipinski definition) is 2. The van der Waals surface area contributed by atoms with Gasteiger partial charge in [-0.3, -0.25) is 4.55 Å². The fraction of sp³-hybridized carbons (Fsp3) is 0.842. The molecule has 26 heavy (non-hydrogen) atoms. The Balaban J connectivity index is 0.00000625. The molecule has 0 amide bonds. The van der Waals surface area contributed by atoms with Crippen LogP contribution < -0.4 is 17.0 Å². The summed E-state index contributed by atoms with van der Waals surface area (Å²) in [7, 11) is -4.14. The van der Waals surface area contributed by atoms with E-state index in [0.29, 0.717) is 0 Å². The first-order chi connectivity index (χ1) is 12.0. The highest BCUT2D eigenvalue weighted by Crippen LogP contribution is 2.12. The van der Waals surface area contributed by atoms with Gasteiger partial charge in [-0.1, -0.05) is 84.0 Å². The van der Waals surface area contributed by atoms with Gasteiger partial charge in [-0.2, -0.15) is 8.42 Å². The molecule has 0 aliphatic carbocycles. The number of aryl methyl sites for hydroxylation is 1. The van der Waals surface area contributed by atoms with Crippen LogP contribution in [0.2, 0.25) is 0 Å². The predicted molar refractivity (Wildman–Crippen MR) is 102 cm³/mol. The quantitative estimate of drug-likeness (QED) is 0.258. The Kier molecular flexibility index (Phi) is 15.1. The van der Waals surface area contributed by atoms with Crippen LogP contribution in [0.15, 0.2) is 18.7 Å². The summed E-state index contributed by atoms with van der Waals surface area (Å²) in [6, 6.07) is 0. The van der Waals surface area contributed by atoms with Crippen molar-refractivity contribution in [1.82, 2.24) is 3.97 Å². The molecular formula is C19H37ClN2O3S. The van der Waals surface area contributed by atoms with Crippen molar-refractivity contribution in [2.45, 2.75) is 103 Å². The molecule has 0 aliphatic rings. The summed E-state index contributed by atoms with van der Waals surface area (Å²) >= 11 is 0. The van der Waals surface area contributed by atoms with Gasteiger partial charge >= 0.3 is 10.3 Å². The molecule has 7 heteroatoms. The van der Waals surface area contributed by atoms with Crippen molar-refractivity contribution in [2.24, 2.45) is 0 Å². The maximum absolute atomic E-state index is 11.0. The number of aromatic nitrogens is 2. The zero-order valence-corrected chi connectivity index (χ0v) is 17.9. The van der Waals surface area contributed by atoms with Crippen molar-refractivity contribution < 1.29 is 29.9 Å². The fourth-order valence-corrected chi connectivity index (χ4v) is 3.58. The van der Waals surface area contributed by atoms with Crippen molar-refractivity contribution in [2.75, 3.05) is 0 Å². The first-order valence-electron chi connectivity index (χ1n) is 10.1. The molecule has 1 N–H and O–H groups in total. The van der Waals surface area contributed by atoms with Gasteiger partial charge in [0.05, 0.1) is 6.54 Å². The normalized spacial score (nSPS) is 11.5. The lowest BCUT2D eigenvalue weighted by molar-refractivity contribution is -0.696. The Hall–Kier alpha value is -0.590. The van der Waals surface area contributed by atoms with Crippen LogP contribution in [-0.4, -0.2) is 16.9 Å². The summed E-state index contributed by atoms with van der Waals surface area (Å²) in [4.78, 5) is 0. The van der Waals surface area contributed by atoms with Gasteiger partial charge in [0.25, 0.3) is 6.33 Å². The van der Waals surface area contributed by atoms with E-state index in [9.17, 15) is 8.42 Å². The molecule has 0 aromatic carbocycles. The predicted octanol–water partition coefficient (Wildman–Crippen LogP) is 1.91. The zero-order chi connectivity index (χ0) is 18.4. The van der Waals surface area contributed by atoms with E-state index in [0.717, 1.165) is 16.9 Å². The number of nitrogens with zero attached hydrogens (tertiary/aromatic N) is 2. The first-order valence-corrected chi connectivity index (χ1v) is 11.5. The second-order valence-electron chi connectivity index (χ2n) is 7.06. The second kappa shape index (κ2) is 15.5. The van der Waals surface area contributed by atoms with E-state index in [1.807, 2.05) is 0 Å². The Morgan fingerprint density at radius 2 is 1.23 bits per heavy atom. The Bertz CT molecular complexity index is 547. The molecule has 1 aromatic rings. The van der Waals surface area contributed by atoms with E-state index in [1.165, 1.54) is 96.0 Å². The van der Waals surface area contributed by atoms with Crippen LogP contribution in [0.1, 0.15) is 96.8 Å². The van der Waals surface area contributed by atoms with Crippen molar-refractivity contribution in [3.8, 4) is 0 Å². The number of rotatable bonds is 16. The van der Waals surface area contributed by atoms with Gasteiger partial charge in [0.1, 0.15) is 12.4 Å². The summed E-state index contributed by atoms with van der Waals surface area (Å²) in [6.45, 7) is 3.06. The number of imidazole rings is 1. The molecule has 1 rings (SSSR count). The van der Waals surface area contributed by atoms with Crippen LogP contribution in [0.25, 0.3) is 0 Å². The van der Waals surface area contributed by atoms with Gasteiger partial charge in [-0.15, -0.1) is 3.97 Å². The summed E-state index contributed by atoms with van der Waals surface area (Å²) < 4.78 is 33.5. The Morgan fingerprint density at radius 3 is 1.62 bits per heavy atom. The van der Waals surface area contributed by atoms with Crippen molar-refractivity contribution in [3.05, 3.63) is 18.7 Å². The second-order valence-corrected chi connectivity index (χ2v) is 8.37. The fourth-order valence-electron chi connectivity index (χ4n) is 3.13. The minimum absolute atomic E-state index is 0. The van der Waals surface area contributed by atoms with Gasteiger partial charge in [-0.05, 0) is 12.8 Å². The van der Waals surface area contributed by atoms with Gasteiger partial charge in [-0.25, -0.2) is 4.57 Å². The van der Waals surface area contributed by atoms with Crippen LogP contribution >= 0.6 is 0 Å². The SMILES string of the molecule is CCCCCCCCCCCCCCCC[n+]1ccn(S(=O)(=O)O)c1.[Cl-]. The molecule has 154 valence electrons. The molecule has 5 nitrogen and oxygen atoms in total. The summed E-state index contributed by atoms with van der Waals surface area (Å²) in [5, 5.41) is 0. The molecule has 0 unspecified atom stereocenters. The van der Waals surface area contributed by atoms with Gasteiger partial charge in [0.15, 0.2) is 0 Å². The lowest BCUT2D eigenvalue weighted by atomic mass is 10.0. The van der Waals surface area contributed by atoms with Crippen molar-refractivity contribution >= 4 is 10.3 Å². The van der Waals surface area contributed by atoms with Crippen LogP contribution in [-0.2, 0) is 16.8 Å². The summed E-state index contributed by atoms with van der Waals surface area (Å²) in [5.41, 5.74) is 0. The minimum atomic E-state index is -4.14. The largest absolute Gasteiger partial charge is 1.00 e. The Morgan fingerprint density at radius 1 is 0.808 bits per heavy atom. The molecule has 0 atom stereocenters. The average Bonchev–Trinajstić information content (AvgIpc) is 3.04. The zero-order valence-electron chi connectivity index (χ0n) is 16.3. The van der Waals surface area contributed by atoms with E-state index in [4.69, 9.17) is 4.55 Å². The van der Waals surface area contributed by atoms with Crippen LogP contribution in [0.5, 0.6) is 0 Å². The highest BCUT2D eigenvalue weighted by atomic mass is 35.5. The van der Waals surface area contributed by atoms with E-state index in [2.05, 4.69) is 6.92 Å². The van der Waals surface area contributed by atoms with Crippen LogP contribution in [0.4, 0.5) is 0 Å². The number of hydrogen-bond donors (Lipinski definition) is 1.